The van der Waals surface area contributed by atoms with Gasteiger partial charge in [0.2, 0.25) is 0 Å². The van der Waals surface area contributed by atoms with E-state index in [1.165, 1.54) is 0 Å². The molecule has 0 aliphatic heterocycles. The summed E-state index contributed by atoms with van der Waals surface area (Å²) in [5.41, 5.74) is 0. The number of ether oxygens (including phenoxy) is 3. The molecule has 0 heterocycles. The Kier molecular flexibility index (Phi) is 6.60. The van der Waals surface area contributed by atoms with E-state index in [1.54, 1.807) is 14.2 Å². The van der Waals surface area contributed by atoms with E-state index in [2.05, 4.69) is 0 Å². The summed E-state index contributed by atoms with van der Waals surface area (Å²) in [5.74, 6) is 2.17. The van der Waals surface area contributed by atoms with Crippen molar-refractivity contribution in [2.24, 2.45) is 0 Å². The second kappa shape index (κ2) is 8.47. The maximum Gasteiger partial charge on any atom is 0.300 e. The Hall–Kier alpha value is -2.69. The number of carboxylic acids is 1. The molecule has 0 bridgehead atoms. The standard InChI is InChI=1S/C14H14O3.C2H4O2/c1-15-11-5-3-7-13(9-11)17-14-8-4-6-12(10-14)16-2;1-2(3)4/h3-10H,1-2H3;1H3,(H,3,4). The summed E-state index contributed by atoms with van der Waals surface area (Å²) in [6.07, 6.45) is 0. The van der Waals surface area contributed by atoms with E-state index in [0.29, 0.717) is 0 Å². The fraction of sp³-hybridized carbons (Fsp3) is 0.188. The van der Waals surface area contributed by atoms with Gasteiger partial charge in [0.15, 0.2) is 0 Å². The number of carbonyl (C=O) groups is 1. The van der Waals surface area contributed by atoms with Gasteiger partial charge in [-0.1, -0.05) is 12.1 Å². The molecular weight excluding hydrogens is 272 g/mol. The van der Waals surface area contributed by atoms with Crippen LogP contribution < -0.4 is 14.2 Å². The Labute approximate surface area is 123 Å². The Morgan fingerprint density at radius 3 is 1.52 bits per heavy atom. The van der Waals surface area contributed by atoms with Gasteiger partial charge < -0.3 is 19.3 Å². The Bertz CT molecular complexity index is 531. The summed E-state index contributed by atoms with van der Waals surface area (Å²) < 4.78 is 16.0. The van der Waals surface area contributed by atoms with Gasteiger partial charge in [-0.3, -0.25) is 4.79 Å². The lowest BCUT2D eigenvalue weighted by atomic mass is 10.3. The number of benzene rings is 2. The van der Waals surface area contributed by atoms with Gasteiger partial charge >= 0.3 is 0 Å². The second-order valence-corrected chi connectivity index (χ2v) is 3.98. The average molecular weight is 290 g/mol. The van der Waals surface area contributed by atoms with Crippen molar-refractivity contribution in [1.29, 1.82) is 0 Å². The molecule has 112 valence electrons. The van der Waals surface area contributed by atoms with Crippen LogP contribution in [0, 0.1) is 0 Å². The van der Waals surface area contributed by atoms with Crippen molar-refractivity contribution < 1.29 is 24.1 Å². The molecule has 2 rings (SSSR count). The van der Waals surface area contributed by atoms with Gasteiger partial charge in [0.25, 0.3) is 5.97 Å². The number of rotatable bonds is 4. The summed E-state index contributed by atoms with van der Waals surface area (Å²) in [7, 11) is 3.26. The SMILES string of the molecule is CC(=O)O.COc1cccc(Oc2cccc(OC)c2)c1. The van der Waals surface area contributed by atoms with Crippen LogP contribution in [0.15, 0.2) is 48.5 Å². The van der Waals surface area contributed by atoms with Gasteiger partial charge in [-0.25, -0.2) is 0 Å². The van der Waals surface area contributed by atoms with Crippen LogP contribution in [0.1, 0.15) is 6.92 Å². The molecule has 0 atom stereocenters. The second-order valence-electron chi connectivity index (χ2n) is 3.98. The quantitative estimate of drug-likeness (QED) is 0.932. The summed E-state index contributed by atoms with van der Waals surface area (Å²) in [4.78, 5) is 9.00. The molecule has 1 N–H and O–H groups in total. The van der Waals surface area contributed by atoms with E-state index in [4.69, 9.17) is 24.1 Å². The first kappa shape index (κ1) is 16.4. The topological polar surface area (TPSA) is 65.0 Å². The molecule has 0 amide bonds. The number of hydrogen-bond donors (Lipinski definition) is 1. The van der Waals surface area contributed by atoms with E-state index in [-0.39, 0.29) is 0 Å². The Balaban J connectivity index is 0.000000491. The number of methoxy groups -OCH3 is 2. The average Bonchev–Trinajstić information content (AvgIpc) is 2.47. The first-order valence-electron chi connectivity index (χ1n) is 6.20. The van der Waals surface area contributed by atoms with Crippen LogP contribution in [-0.4, -0.2) is 25.3 Å². The highest BCUT2D eigenvalue weighted by Crippen LogP contribution is 2.27. The third kappa shape index (κ3) is 6.33. The number of hydrogen-bond acceptors (Lipinski definition) is 4. The lowest BCUT2D eigenvalue weighted by Crippen LogP contribution is -1.88. The third-order valence-electron chi connectivity index (χ3n) is 2.32. The van der Waals surface area contributed by atoms with Gasteiger partial charge in [-0.2, -0.15) is 0 Å². The molecule has 0 unspecified atom stereocenters. The van der Waals surface area contributed by atoms with Crippen molar-refractivity contribution >= 4 is 5.97 Å². The van der Waals surface area contributed by atoms with E-state index < -0.39 is 5.97 Å². The Morgan fingerprint density at radius 2 is 1.19 bits per heavy atom. The molecule has 21 heavy (non-hydrogen) atoms. The van der Waals surface area contributed by atoms with Gasteiger partial charge in [0.1, 0.15) is 23.0 Å². The van der Waals surface area contributed by atoms with E-state index in [0.717, 1.165) is 29.9 Å². The maximum absolute atomic E-state index is 9.00. The molecule has 0 aromatic heterocycles. The maximum atomic E-state index is 9.00. The van der Waals surface area contributed by atoms with Crippen LogP contribution in [0.3, 0.4) is 0 Å². The zero-order valence-corrected chi connectivity index (χ0v) is 12.2. The molecule has 0 saturated heterocycles. The van der Waals surface area contributed by atoms with E-state index >= 15 is 0 Å². The fourth-order valence-corrected chi connectivity index (χ4v) is 1.47. The molecule has 0 radical (unpaired) electrons. The molecule has 0 aliphatic rings. The minimum atomic E-state index is -0.833. The first-order chi connectivity index (χ1) is 10.0. The van der Waals surface area contributed by atoms with E-state index in [1.807, 2.05) is 48.5 Å². The van der Waals surface area contributed by atoms with Crippen molar-refractivity contribution in [2.75, 3.05) is 14.2 Å². The van der Waals surface area contributed by atoms with Gasteiger partial charge in [-0.05, 0) is 24.3 Å². The van der Waals surface area contributed by atoms with Gasteiger partial charge in [-0.15, -0.1) is 0 Å². The smallest absolute Gasteiger partial charge is 0.300 e. The van der Waals surface area contributed by atoms with Crippen molar-refractivity contribution in [1.82, 2.24) is 0 Å². The predicted octanol–water partition coefficient (Wildman–Crippen LogP) is 3.59. The third-order valence-corrected chi connectivity index (χ3v) is 2.32. The highest BCUT2D eigenvalue weighted by molar-refractivity contribution is 5.62. The van der Waals surface area contributed by atoms with Crippen molar-refractivity contribution in [2.45, 2.75) is 6.92 Å². The van der Waals surface area contributed by atoms with Crippen molar-refractivity contribution in [3.8, 4) is 23.0 Å². The molecule has 5 heteroatoms. The lowest BCUT2D eigenvalue weighted by Gasteiger charge is -2.08. The molecule has 5 nitrogen and oxygen atoms in total. The van der Waals surface area contributed by atoms with Crippen LogP contribution in [-0.2, 0) is 4.79 Å². The monoisotopic (exact) mass is 290 g/mol. The zero-order chi connectivity index (χ0) is 15.7. The molecule has 2 aromatic carbocycles. The van der Waals surface area contributed by atoms with E-state index in [9.17, 15) is 0 Å². The summed E-state index contributed by atoms with van der Waals surface area (Å²) in [5, 5.41) is 7.42. The normalized spacial score (nSPS) is 9.10. The molecule has 0 spiro atoms. The van der Waals surface area contributed by atoms with Gasteiger partial charge in [0, 0.05) is 19.1 Å². The minimum Gasteiger partial charge on any atom is -0.497 e. The molecule has 0 saturated carbocycles. The van der Waals surface area contributed by atoms with Crippen LogP contribution in [0.5, 0.6) is 23.0 Å². The fourth-order valence-electron chi connectivity index (χ4n) is 1.47. The largest absolute Gasteiger partial charge is 0.497 e. The summed E-state index contributed by atoms with van der Waals surface area (Å²) in [6, 6.07) is 14.9. The summed E-state index contributed by atoms with van der Waals surface area (Å²) >= 11 is 0. The van der Waals surface area contributed by atoms with Crippen LogP contribution >= 0.6 is 0 Å². The van der Waals surface area contributed by atoms with Crippen LogP contribution in [0.4, 0.5) is 0 Å². The zero-order valence-electron chi connectivity index (χ0n) is 12.2. The molecule has 2 aromatic rings. The van der Waals surface area contributed by atoms with Crippen molar-refractivity contribution in [3.05, 3.63) is 48.5 Å². The number of carboxylic acid groups (broad SMARTS) is 1. The van der Waals surface area contributed by atoms with Crippen LogP contribution in [0.25, 0.3) is 0 Å². The van der Waals surface area contributed by atoms with Crippen molar-refractivity contribution in [3.63, 3.8) is 0 Å². The highest BCUT2D eigenvalue weighted by Gasteiger charge is 2.00. The molecular formula is C16H18O5. The Morgan fingerprint density at radius 1 is 0.857 bits per heavy atom. The lowest BCUT2D eigenvalue weighted by molar-refractivity contribution is -0.134. The highest BCUT2D eigenvalue weighted by atomic mass is 16.5. The minimum absolute atomic E-state index is 0.734. The van der Waals surface area contributed by atoms with Gasteiger partial charge in [0.05, 0.1) is 14.2 Å². The molecule has 0 aliphatic carbocycles. The predicted molar refractivity (Wildman–Crippen MR) is 79.4 cm³/mol. The molecule has 0 fully saturated rings. The summed E-state index contributed by atoms with van der Waals surface area (Å²) in [6.45, 7) is 1.08. The first-order valence-corrected chi connectivity index (χ1v) is 6.20. The van der Waals surface area contributed by atoms with Crippen LogP contribution in [0.2, 0.25) is 0 Å². The number of aliphatic carboxylic acids is 1.